The lowest BCUT2D eigenvalue weighted by Gasteiger charge is -2.36. The molecule has 2 aromatic heterocycles. The smallest absolute Gasteiger partial charge is 0.169 e. The lowest BCUT2D eigenvalue weighted by Crippen LogP contribution is -2.46. The van der Waals surface area contributed by atoms with Crippen molar-refractivity contribution >= 4 is 56.4 Å². The fourth-order valence-corrected chi connectivity index (χ4v) is 9.71. The van der Waals surface area contributed by atoms with Gasteiger partial charge in [0.1, 0.15) is 11.5 Å². The van der Waals surface area contributed by atoms with Crippen LogP contribution < -0.4 is 28.7 Å². The number of methoxy groups -OCH3 is 2. The van der Waals surface area contributed by atoms with Crippen LogP contribution in [-0.2, 0) is 12.8 Å². The fourth-order valence-electron chi connectivity index (χ4n) is 9.36. The van der Waals surface area contributed by atoms with Crippen LogP contribution in [0, 0.1) is 0 Å². The molecular weight excluding hydrogens is 892 g/mol. The first-order valence-electron chi connectivity index (χ1n) is 23.7. The van der Waals surface area contributed by atoms with E-state index in [0.29, 0.717) is 0 Å². The van der Waals surface area contributed by atoms with Crippen LogP contribution in [0.5, 0.6) is 34.5 Å². The number of para-hydroxylation sites is 6. The zero-order valence-electron chi connectivity index (χ0n) is 38.9. The van der Waals surface area contributed by atoms with Crippen molar-refractivity contribution in [2.24, 2.45) is 0 Å². The van der Waals surface area contributed by atoms with Gasteiger partial charge in [0.15, 0.2) is 23.0 Å². The second-order valence-corrected chi connectivity index (χ2v) is 18.2. The lowest BCUT2D eigenvalue weighted by atomic mass is 10.1. The van der Waals surface area contributed by atoms with Crippen LogP contribution in [0.4, 0.5) is 11.4 Å². The van der Waals surface area contributed by atoms with Crippen LogP contribution in [-0.4, -0.2) is 99.4 Å². The van der Waals surface area contributed by atoms with E-state index in [9.17, 15) is 0 Å². The molecule has 6 aromatic carbocycles. The van der Waals surface area contributed by atoms with Gasteiger partial charge in [0, 0.05) is 103 Å². The predicted octanol–water partition coefficient (Wildman–Crippen LogP) is 12.8. The second kappa shape index (κ2) is 22.7. The van der Waals surface area contributed by atoms with E-state index in [2.05, 4.69) is 78.4 Å². The number of piperazine rings is 2. The Morgan fingerprint density at radius 3 is 1.44 bits per heavy atom. The maximum atomic E-state index is 6.27. The van der Waals surface area contributed by atoms with E-state index in [4.69, 9.17) is 42.1 Å². The number of nitrogens with zero attached hydrogens (tertiary/aromatic N) is 4. The first-order valence-corrected chi connectivity index (χ1v) is 24.4. The van der Waals surface area contributed by atoms with Gasteiger partial charge < -0.3 is 38.7 Å². The molecule has 0 aliphatic carbocycles. The second-order valence-electron chi connectivity index (χ2n) is 17.3. The summed E-state index contributed by atoms with van der Waals surface area (Å²) < 4.78 is 23.3. The third-order valence-electron chi connectivity index (χ3n) is 13.0. The van der Waals surface area contributed by atoms with E-state index >= 15 is 0 Å². The lowest BCUT2D eigenvalue weighted by molar-refractivity contribution is 0.254. The number of nitrogens with one attached hydrogen (secondary N) is 2. The minimum atomic E-state index is 0.732. The summed E-state index contributed by atoms with van der Waals surface area (Å²) in [6.07, 6.45) is 8.67. The number of aromatic nitrogens is 2. The molecule has 2 N–H and O–H groups in total. The number of hydrogen-bond donors (Lipinski definition) is 2. The van der Waals surface area contributed by atoms with E-state index in [1.165, 1.54) is 21.9 Å². The molecule has 0 spiro atoms. The Morgan fingerprint density at radius 2 is 0.926 bits per heavy atom. The average Bonchev–Trinajstić information content (AvgIpc) is 3.97. The normalized spacial score (nSPS) is 14.5. The molecule has 10 nitrogen and oxygen atoms in total. The molecule has 2 saturated heterocycles. The van der Waals surface area contributed by atoms with Crippen LogP contribution >= 0.6 is 23.2 Å². The Hall–Kier alpha value is -6.30. The van der Waals surface area contributed by atoms with Crippen LogP contribution in [0.15, 0.2) is 146 Å². The molecule has 0 saturated carbocycles. The monoisotopic (exact) mass is 950 g/mol. The van der Waals surface area contributed by atoms with Crippen LogP contribution in [0.3, 0.4) is 0 Å². The zero-order valence-corrected chi connectivity index (χ0v) is 40.4. The van der Waals surface area contributed by atoms with E-state index in [0.717, 1.165) is 158 Å². The van der Waals surface area contributed by atoms with E-state index in [1.807, 2.05) is 97.1 Å². The molecule has 2 aliphatic rings. The number of H-pyrrole nitrogens is 2. The summed E-state index contributed by atoms with van der Waals surface area (Å²) in [5.74, 6) is 4.78. The number of ether oxygens (including phenoxy) is 4. The predicted molar refractivity (Wildman–Crippen MR) is 280 cm³/mol. The highest BCUT2D eigenvalue weighted by molar-refractivity contribution is 6.31. The van der Waals surface area contributed by atoms with Crippen LogP contribution in [0.1, 0.15) is 24.0 Å². The molecule has 2 fully saturated rings. The van der Waals surface area contributed by atoms with Gasteiger partial charge in [-0.2, -0.15) is 0 Å². The van der Waals surface area contributed by atoms with Gasteiger partial charge in [-0.25, -0.2) is 0 Å². The Morgan fingerprint density at radius 1 is 0.456 bits per heavy atom. The highest BCUT2D eigenvalue weighted by atomic mass is 35.5. The summed E-state index contributed by atoms with van der Waals surface area (Å²) in [7, 11) is 3.34. The molecule has 0 atom stereocenters. The fraction of sp³-hybridized carbons (Fsp3) is 0.286. The van der Waals surface area contributed by atoms with E-state index < -0.39 is 0 Å². The van der Waals surface area contributed by atoms with Gasteiger partial charge in [-0.3, -0.25) is 9.80 Å². The van der Waals surface area contributed by atoms with Crippen molar-refractivity contribution in [2.45, 2.75) is 25.7 Å². The standard InChI is InChI=1S/2C28H30ClN3O2/c1-33-23-7-4-8-24(19-23)34-28-10-3-2-9-27(28)32-16-14-31(15-17-32)13-5-6-21-20-30-26-18-22(29)11-12-25(21)26;1-33-27-10-4-5-11-28(27)34-26-9-3-2-8-25(26)32-17-15-31(16-18-32)14-6-7-21-20-30-24-19-22(29)12-13-23(21)24/h2-4,7-12,18-20,30H,5-6,13-17H2,1H3;2-5,8-13,19-20,30H,6-7,14-18H2,1H3. The summed E-state index contributed by atoms with van der Waals surface area (Å²) in [5.41, 5.74) is 7.24. The highest BCUT2D eigenvalue weighted by Gasteiger charge is 2.22. The molecular formula is C56H60Cl2N6O4. The summed E-state index contributed by atoms with van der Waals surface area (Å²) in [5, 5.41) is 4.10. The number of fused-ring (bicyclic) bond motifs is 2. The average molecular weight is 952 g/mol. The molecule has 68 heavy (non-hydrogen) atoms. The first kappa shape index (κ1) is 46.8. The van der Waals surface area contributed by atoms with E-state index in [-0.39, 0.29) is 0 Å². The quantitative estimate of drug-likeness (QED) is 0.0991. The van der Waals surface area contributed by atoms with E-state index in [1.54, 1.807) is 14.2 Å². The summed E-state index contributed by atoms with van der Waals surface area (Å²) >= 11 is 12.2. The maximum Gasteiger partial charge on any atom is 0.169 e. The molecule has 0 bridgehead atoms. The molecule has 12 heteroatoms. The molecule has 0 amide bonds. The minimum absolute atomic E-state index is 0.732. The number of rotatable bonds is 16. The Bertz CT molecular complexity index is 2880. The SMILES string of the molecule is COc1cccc(Oc2ccccc2N2CCN(CCCc3c[nH]c4cc(Cl)ccc34)CC2)c1.COc1ccccc1Oc1ccccc1N1CCN(CCCc2c[nH]c3cc(Cl)ccc23)CC1. The minimum Gasteiger partial charge on any atom is -0.497 e. The van der Waals surface area contributed by atoms with Gasteiger partial charge >= 0.3 is 0 Å². The maximum absolute atomic E-state index is 6.27. The largest absolute Gasteiger partial charge is 0.497 e. The first-order chi connectivity index (χ1) is 33.4. The third-order valence-corrected chi connectivity index (χ3v) is 13.5. The Kier molecular flexibility index (Phi) is 15.6. The molecule has 0 unspecified atom stereocenters. The molecule has 0 radical (unpaired) electrons. The zero-order chi connectivity index (χ0) is 46.7. The molecule has 2 aliphatic heterocycles. The Labute approximate surface area is 409 Å². The molecule has 352 valence electrons. The van der Waals surface area contributed by atoms with Gasteiger partial charge in [-0.1, -0.05) is 77.8 Å². The molecule has 8 aromatic rings. The van der Waals surface area contributed by atoms with Gasteiger partial charge in [-0.15, -0.1) is 0 Å². The number of aromatic amines is 2. The van der Waals surface area contributed by atoms with Crippen molar-refractivity contribution in [3.63, 3.8) is 0 Å². The van der Waals surface area contributed by atoms with Gasteiger partial charge in [-0.05, 0) is 123 Å². The van der Waals surface area contributed by atoms with Crippen molar-refractivity contribution in [3.05, 3.63) is 167 Å². The number of aryl methyl sites for hydroxylation is 2. The van der Waals surface area contributed by atoms with Gasteiger partial charge in [0.05, 0.1) is 25.6 Å². The van der Waals surface area contributed by atoms with Crippen molar-refractivity contribution in [3.8, 4) is 34.5 Å². The highest BCUT2D eigenvalue weighted by Crippen LogP contribution is 2.38. The summed E-state index contributed by atoms with van der Waals surface area (Å²) in [4.78, 5) is 16.7. The van der Waals surface area contributed by atoms with Crippen molar-refractivity contribution in [1.29, 1.82) is 0 Å². The molecule has 10 rings (SSSR count). The summed E-state index contributed by atoms with van der Waals surface area (Å²) in [6.45, 7) is 10.4. The summed E-state index contributed by atoms with van der Waals surface area (Å²) in [6, 6.07) is 44.2. The number of benzene rings is 6. The van der Waals surface area contributed by atoms with Gasteiger partial charge in [0.2, 0.25) is 0 Å². The van der Waals surface area contributed by atoms with Crippen molar-refractivity contribution in [1.82, 2.24) is 19.8 Å². The molecule has 4 heterocycles. The van der Waals surface area contributed by atoms with Crippen molar-refractivity contribution < 1.29 is 18.9 Å². The Balaban J connectivity index is 0.000000170. The third kappa shape index (κ3) is 11.7. The topological polar surface area (TPSA) is 81.5 Å². The van der Waals surface area contributed by atoms with Crippen LogP contribution in [0.25, 0.3) is 21.8 Å². The van der Waals surface area contributed by atoms with Crippen LogP contribution in [0.2, 0.25) is 10.0 Å². The van der Waals surface area contributed by atoms with Crippen molar-refractivity contribution in [2.75, 3.05) is 89.5 Å². The number of halogens is 2. The number of anilines is 2. The number of hydrogen-bond acceptors (Lipinski definition) is 8. The van der Waals surface area contributed by atoms with Gasteiger partial charge in [0.25, 0.3) is 0 Å².